The van der Waals surface area contributed by atoms with Crippen molar-refractivity contribution in [2.24, 2.45) is 0 Å². The van der Waals surface area contributed by atoms with Crippen LogP contribution >= 0.6 is 0 Å². The van der Waals surface area contributed by atoms with Crippen LogP contribution in [0.1, 0.15) is 5.56 Å². The average molecular weight is 276 g/mol. The number of hydrogen-bond donors (Lipinski definition) is 1. The van der Waals surface area contributed by atoms with Gasteiger partial charge in [-0.25, -0.2) is 0 Å². The zero-order chi connectivity index (χ0) is 9.26. The summed E-state index contributed by atoms with van der Waals surface area (Å²) in [5.41, 5.74) is 8.79. The standard InChI is InChI=1S/C10H10N2O.Rh/c11-10(13)5-7-6-12-9-4-2-1-3-8(7)9;/h1-4,6,12H,5H2,(H2,11,13);/q;+2/p-1. The van der Waals surface area contributed by atoms with E-state index in [-0.39, 0.29) is 25.9 Å². The van der Waals surface area contributed by atoms with Gasteiger partial charge in [-0.3, -0.25) is 0 Å². The molecule has 73 valence electrons. The minimum absolute atomic E-state index is 0. The van der Waals surface area contributed by atoms with Crippen molar-refractivity contribution in [3.8, 4) is 0 Å². The van der Waals surface area contributed by atoms with Gasteiger partial charge in [-0.2, -0.15) is 0 Å². The molecule has 4 heteroatoms. The summed E-state index contributed by atoms with van der Waals surface area (Å²) in [7, 11) is 0. The minimum Gasteiger partial charge on any atom is -0.667 e. The van der Waals surface area contributed by atoms with Crippen LogP contribution < -0.4 is 0 Å². The molecule has 0 atom stereocenters. The van der Waals surface area contributed by atoms with E-state index < -0.39 is 5.91 Å². The zero-order valence-electron chi connectivity index (χ0n) is 7.34. The van der Waals surface area contributed by atoms with Crippen LogP contribution in [0.2, 0.25) is 0 Å². The summed E-state index contributed by atoms with van der Waals surface area (Å²) in [5, 5.41) is 1.03. The van der Waals surface area contributed by atoms with Crippen LogP contribution in [-0.4, -0.2) is 10.9 Å². The molecule has 0 aliphatic carbocycles. The van der Waals surface area contributed by atoms with Crippen molar-refractivity contribution < 1.29 is 24.3 Å². The van der Waals surface area contributed by atoms with Crippen molar-refractivity contribution in [1.82, 2.24) is 4.98 Å². The fraction of sp³-hybridized carbons (Fsp3) is 0.100. The number of amides is 1. The Balaban J connectivity index is 0.000000980. The summed E-state index contributed by atoms with van der Waals surface area (Å²) in [6.07, 6.45) is 1.97. The molecule has 0 bridgehead atoms. The molecule has 14 heavy (non-hydrogen) atoms. The number of aromatic amines is 1. The molecule has 0 aliphatic heterocycles. The Morgan fingerprint density at radius 1 is 1.36 bits per heavy atom. The molecule has 0 fully saturated rings. The molecular weight excluding hydrogens is 267 g/mol. The number of para-hydroxylation sites is 1. The molecule has 2 rings (SSSR count). The molecule has 2 aromatic rings. The average Bonchev–Trinajstić information content (AvgIpc) is 2.48. The first-order valence-corrected chi connectivity index (χ1v) is 4.07. The number of H-pyrrole nitrogens is 1. The Hall–Kier alpha value is -1.15. The Labute approximate surface area is 94.4 Å². The number of benzene rings is 1. The molecular formula is C10H9N2ORh+. The normalized spacial score (nSPS) is 9.71. The molecule has 1 amide bonds. The van der Waals surface area contributed by atoms with E-state index in [1.807, 2.05) is 24.3 Å². The van der Waals surface area contributed by atoms with E-state index >= 15 is 0 Å². The quantitative estimate of drug-likeness (QED) is 0.840. The minimum atomic E-state index is -0.551. The monoisotopic (exact) mass is 276 g/mol. The molecule has 0 unspecified atom stereocenters. The van der Waals surface area contributed by atoms with E-state index in [4.69, 9.17) is 5.73 Å². The van der Waals surface area contributed by atoms with Crippen molar-refractivity contribution in [3.05, 3.63) is 41.8 Å². The van der Waals surface area contributed by atoms with Crippen molar-refractivity contribution in [3.63, 3.8) is 0 Å². The van der Waals surface area contributed by atoms with Gasteiger partial charge in [0.2, 0.25) is 0 Å². The number of carbonyl (C=O) groups excluding carboxylic acids is 1. The van der Waals surface area contributed by atoms with Crippen LogP contribution in [0.15, 0.2) is 30.5 Å². The first kappa shape index (κ1) is 10.9. The number of aromatic nitrogens is 1. The molecule has 1 heterocycles. The van der Waals surface area contributed by atoms with Gasteiger partial charge < -0.3 is 15.5 Å². The topological polar surface area (TPSA) is 56.7 Å². The van der Waals surface area contributed by atoms with Crippen LogP contribution in [0.3, 0.4) is 0 Å². The Bertz CT molecular complexity index is 450. The second-order valence-electron chi connectivity index (χ2n) is 2.96. The third-order valence-corrected chi connectivity index (χ3v) is 2.03. The zero-order valence-corrected chi connectivity index (χ0v) is 8.97. The number of nitrogens with one attached hydrogen (secondary N) is 2. The van der Waals surface area contributed by atoms with E-state index in [2.05, 4.69) is 4.98 Å². The van der Waals surface area contributed by atoms with Gasteiger partial charge in [-0.05, 0) is 11.6 Å². The molecule has 1 aromatic heterocycles. The number of rotatable bonds is 2. The molecule has 0 aliphatic rings. The first-order valence-electron chi connectivity index (χ1n) is 4.07. The van der Waals surface area contributed by atoms with Crippen molar-refractivity contribution in [2.75, 3.05) is 0 Å². The summed E-state index contributed by atoms with van der Waals surface area (Å²) < 4.78 is 0. The van der Waals surface area contributed by atoms with Crippen LogP contribution in [0.4, 0.5) is 0 Å². The van der Waals surface area contributed by atoms with E-state index in [9.17, 15) is 4.79 Å². The van der Waals surface area contributed by atoms with Crippen LogP contribution in [0.25, 0.3) is 16.6 Å². The van der Waals surface area contributed by atoms with Gasteiger partial charge in [0.25, 0.3) is 0 Å². The van der Waals surface area contributed by atoms with Gasteiger partial charge in [0.1, 0.15) is 0 Å². The smallest absolute Gasteiger partial charge is 0.667 e. The Morgan fingerprint density at radius 2 is 2.07 bits per heavy atom. The van der Waals surface area contributed by atoms with Crippen LogP contribution in [-0.2, 0) is 30.7 Å². The van der Waals surface area contributed by atoms with Gasteiger partial charge in [0.15, 0.2) is 0 Å². The molecule has 2 N–H and O–H groups in total. The maximum atomic E-state index is 10.6. The van der Waals surface area contributed by atoms with Gasteiger partial charge in [0.05, 0.1) is 5.91 Å². The second kappa shape index (κ2) is 4.38. The third-order valence-electron chi connectivity index (χ3n) is 2.03. The number of hydrogen-bond acceptors (Lipinski definition) is 1. The summed E-state index contributed by atoms with van der Waals surface area (Å²) in [6.45, 7) is 0. The van der Waals surface area contributed by atoms with Crippen molar-refractivity contribution in [1.29, 1.82) is 0 Å². The van der Waals surface area contributed by atoms with Gasteiger partial charge in [-0.1, -0.05) is 18.2 Å². The number of fused-ring (bicyclic) bond motifs is 1. The Kier molecular flexibility index (Phi) is 3.42. The van der Waals surface area contributed by atoms with E-state index in [0.717, 1.165) is 16.5 Å². The molecule has 1 radical (unpaired) electrons. The predicted molar refractivity (Wildman–Crippen MR) is 51.3 cm³/mol. The SMILES string of the molecule is [NH-]C(=O)Cc1c[nH]c2ccccc12.[Rh+2]. The Morgan fingerprint density at radius 3 is 2.79 bits per heavy atom. The number of carbonyl (C=O) groups is 1. The summed E-state index contributed by atoms with van der Waals surface area (Å²) >= 11 is 0. The predicted octanol–water partition coefficient (Wildman–Crippen LogP) is 2.29. The molecule has 0 spiro atoms. The summed E-state index contributed by atoms with van der Waals surface area (Å²) in [6, 6.07) is 7.76. The maximum absolute atomic E-state index is 10.6. The maximum Gasteiger partial charge on any atom is 2.00 e. The third kappa shape index (κ3) is 2.02. The molecule has 0 saturated heterocycles. The van der Waals surface area contributed by atoms with E-state index in [1.165, 1.54) is 0 Å². The second-order valence-corrected chi connectivity index (χ2v) is 2.96. The van der Waals surface area contributed by atoms with Gasteiger partial charge in [0, 0.05) is 23.5 Å². The van der Waals surface area contributed by atoms with E-state index in [0.29, 0.717) is 0 Å². The van der Waals surface area contributed by atoms with Gasteiger partial charge in [-0.15, -0.1) is 0 Å². The molecule has 1 aromatic carbocycles. The van der Waals surface area contributed by atoms with Gasteiger partial charge >= 0.3 is 19.5 Å². The molecule has 0 saturated carbocycles. The van der Waals surface area contributed by atoms with Crippen LogP contribution in [0, 0.1) is 0 Å². The first-order chi connectivity index (χ1) is 6.27. The largest absolute Gasteiger partial charge is 2.00 e. The summed E-state index contributed by atoms with van der Waals surface area (Å²) in [4.78, 5) is 13.7. The molecule has 3 nitrogen and oxygen atoms in total. The van der Waals surface area contributed by atoms with Crippen molar-refractivity contribution in [2.45, 2.75) is 6.42 Å². The summed E-state index contributed by atoms with van der Waals surface area (Å²) in [5.74, 6) is -0.551. The van der Waals surface area contributed by atoms with Crippen LogP contribution in [0.5, 0.6) is 0 Å². The fourth-order valence-corrected chi connectivity index (χ4v) is 1.45. The van der Waals surface area contributed by atoms with E-state index in [1.54, 1.807) is 6.20 Å². The fourth-order valence-electron chi connectivity index (χ4n) is 1.45. The van der Waals surface area contributed by atoms with Crippen molar-refractivity contribution >= 4 is 16.8 Å².